The summed E-state index contributed by atoms with van der Waals surface area (Å²) in [5.41, 5.74) is 0.699. The summed E-state index contributed by atoms with van der Waals surface area (Å²) in [6.07, 6.45) is 2.81. The van der Waals surface area contributed by atoms with Crippen molar-refractivity contribution in [1.29, 1.82) is 0 Å². The molecule has 0 fully saturated rings. The van der Waals surface area contributed by atoms with E-state index in [9.17, 15) is 26.3 Å². The van der Waals surface area contributed by atoms with Gasteiger partial charge in [-0.25, -0.2) is 12.6 Å². The van der Waals surface area contributed by atoms with E-state index in [0.29, 0.717) is 16.3 Å². The second kappa shape index (κ2) is 7.55. The van der Waals surface area contributed by atoms with Gasteiger partial charge in [0.15, 0.2) is 33.2 Å². The van der Waals surface area contributed by atoms with Crippen LogP contribution in [0.5, 0.6) is 0 Å². The number of rotatable bonds is 5. The molecular weight excluding hydrogens is 408 g/mol. The van der Waals surface area contributed by atoms with Gasteiger partial charge in [-0.2, -0.15) is 0 Å². The van der Waals surface area contributed by atoms with Crippen LogP contribution in [-0.4, -0.2) is 26.3 Å². The van der Waals surface area contributed by atoms with E-state index in [0.717, 1.165) is 5.39 Å². The quantitative estimate of drug-likeness (QED) is 0.423. The van der Waals surface area contributed by atoms with Crippen LogP contribution >= 0.6 is 0 Å². The van der Waals surface area contributed by atoms with Crippen LogP contribution in [0.4, 0.5) is 0 Å². The molecule has 0 bridgehead atoms. The van der Waals surface area contributed by atoms with Crippen molar-refractivity contribution in [2.45, 2.75) is 14.7 Å². The molecule has 3 unspecified atom stereocenters. The minimum absolute atomic E-state index is 0.137. The molecule has 0 amide bonds. The number of hydrogen-bond donors (Lipinski definition) is 3. The molecule has 3 rings (SSSR count). The molecule has 3 atom stereocenters. The van der Waals surface area contributed by atoms with E-state index in [1.54, 1.807) is 18.2 Å². The molecule has 27 heavy (non-hydrogen) atoms. The van der Waals surface area contributed by atoms with Crippen LogP contribution in [0.3, 0.4) is 0 Å². The molecule has 0 heterocycles. The van der Waals surface area contributed by atoms with Gasteiger partial charge in [0.1, 0.15) is 4.90 Å². The predicted molar refractivity (Wildman–Crippen MR) is 109 cm³/mol. The largest absolute Gasteiger partial charge is 0.302 e. The fourth-order valence-electron chi connectivity index (χ4n) is 3.22. The van der Waals surface area contributed by atoms with Crippen molar-refractivity contribution in [3.8, 4) is 0 Å². The van der Waals surface area contributed by atoms with Crippen molar-refractivity contribution >= 4 is 66.9 Å². The average molecular weight is 423 g/mol. The van der Waals surface area contributed by atoms with Crippen molar-refractivity contribution in [3.63, 3.8) is 0 Å². The van der Waals surface area contributed by atoms with Crippen LogP contribution < -0.4 is 0 Å². The van der Waals surface area contributed by atoms with Crippen LogP contribution in [0.1, 0.15) is 11.1 Å². The third-order valence-corrected chi connectivity index (χ3v) is 6.76. The van der Waals surface area contributed by atoms with Gasteiger partial charge in [-0.3, -0.25) is 0 Å². The Hall–Kier alpha value is -2.01. The molecule has 0 spiro atoms. The monoisotopic (exact) mass is 422 g/mol. The number of hydrogen-bond acceptors (Lipinski definition) is 3. The molecule has 0 saturated carbocycles. The first-order valence-electron chi connectivity index (χ1n) is 7.46. The zero-order chi connectivity index (χ0) is 19.9. The minimum Gasteiger partial charge on any atom is -0.302 e. The van der Waals surface area contributed by atoms with Gasteiger partial charge in [-0.15, -0.1) is 0 Å². The van der Waals surface area contributed by atoms with E-state index >= 15 is 0 Å². The van der Waals surface area contributed by atoms with Gasteiger partial charge in [0.25, 0.3) is 0 Å². The summed E-state index contributed by atoms with van der Waals surface area (Å²) in [6, 6.07) is 8.80. The van der Waals surface area contributed by atoms with Crippen molar-refractivity contribution in [2.75, 3.05) is 0 Å². The van der Waals surface area contributed by atoms with Crippen LogP contribution in [0.25, 0.3) is 33.7 Å². The van der Waals surface area contributed by atoms with Gasteiger partial charge in [0, 0.05) is 10.9 Å². The molecule has 3 aromatic carbocycles. The molecule has 0 aliphatic heterocycles. The minimum atomic E-state index is -2.78. The van der Waals surface area contributed by atoms with Crippen LogP contribution in [0, 0.1) is 0 Å². The van der Waals surface area contributed by atoms with E-state index in [-0.39, 0.29) is 15.8 Å². The lowest BCUT2D eigenvalue weighted by atomic mass is 9.93. The highest BCUT2D eigenvalue weighted by molar-refractivity contribution is 7.84. The molecule has 0 aliphatic carbocycles. The number of fused-ring (bicyclic) bond motifs is 2. The van der Waals surface area contributed by atoms with Crippen molar-refractivity contribution < 1.29 is 26.3 Å². The summed E-state index contributed by atoms with van der Waals surface area (Å²) in [7, 11) is 0. The van der Waals surface area contributed by atoms with Crippen molar-refractivity contribution in [2.24, 2.45) is 0 Å². The Kier molecular flexibility index (Phi) is 5.52. The van der Waals surface area contributed by atoms with E-state index in [2.05, 4.69) is 13.2 Å². The number of benzene rings is 3. The highest BCUT2D eigenvalue weighted by Crippen LogP contribution is 2.41. The average Bonchev–Trinajstić information content (AvgIpc) is 2.63. The standard InChI is InChI=1S/C18H14O6S3/c1-3-11-13-8-6-5-7-10(13)9-14-15(11)12(4-2)16(25(19)20)18(27(23)24)17(14)26(21)22/h3-9H,1-2H2,(H,19,20)(H,21,22)(H,23,24). The molecule has 0 saturated heterocycles. The van der Waals surface area contributed by atoms with Crippen molar-refractivity contribution in [3.05, 3.63) is 54.6 Å². The van der Waals surface area contributed by atoms with Gasteiger partial charge in [-0.1, -0.05) is 49.6 Å². The third kappa shape index (κ3) is 3.12. The Labute approximate surface area is 162 Å². The smallest absolute Gasteiger partial charge is 0.189 e. The van der Waals surface area contributed by atoms with Gasteiger partial charge < -0.3 is 13.7 Å². The van der Waals surface area contributed by atoms with Gasteiger partial charge >= 0.3 is 0 Å². The molecule has 3 aromatic rings. The van der Waals surface area contributed by atoms with E-state index in [4.69, 9.17) is 0 Å². The summed E-state index contributed by atoms with van der Waals surface area (Å²) < 4.78 is 65.4. The normalized spacial score (nSPS) is 14.8. The first kappa shape index (κ1) is 19.7. The summed E-state index contributed by atoms with van der Waals surface area (Å²) >= 11 is -8.18. The molecule has 0 aromatic heterocycles. The van der Waals surface area contributed by atoms with Crippen LogP contribution in [0.15, 0.2) is 58.2 Å². The lowest BCUT2D eigenvalue weighted by Crippen LogP contribution is -2.09. The van der Waals surface area contributed by atoms with E-state index in [1.807, 2.05) is 12.1 Å². The fourth-order valence-corrected chi connectivity index (χ4v) is 5.92. The maximum absolute atomic E-state index is 12.1. The second-order valence-electron chi connectivity index (χ2n) is 5.49. The SMILES string of the molecule is C=Cc1c(S(=O)O)c(S(=O)O)c(S(=O)O)c2cc3ccccc3c(C=C)c12. The summed E-state index contributed by atoms with van der Waals surface area (Å²) in [5.74, 6) is 0. The Balaban J connectivity index is 2.83. The van der Waals surface area contributed by atoms with Crippen molar-refractivity contribution in [1.82, 2.24) is 0 Å². The van der Waals surface area contributed by atoms with Gasteiger partial charge in [-0.05, 0) is 27.8 Å². The molecule has 3 N–H and O–H groups in total. The van der Waals surface area contributed by atoms with Gasteiger partial charge in [0.2, 0.25) is 0 Å². The summed E-state index contributed by atoms with van der Waals surface area (Å²) in [6.45, 7) is 7.45. The van der Waals surface area contributed by atoms with E-state index < -0.39 is 43.0 Å². The Morgan fingerprint density at radius 1 is 0.741 bits per heavy atom. The second-order valence-corrected chi connectivity index (χ2v) is 8.21. The Morgan fingerprint density at radius 2 is 1.30 bits per heavy atom. The Morgan fingerprint density at radius 3 is 1.81 bits per heavy atom. The predicted octanol–water partition coefficient (Wildman–Crippen LogP) is 4.02. The molecule has 0 radical (unpaired) electrons. The summed E-state index contributed by atoms with van der Waals surface area (Å²) in [4.78, 5) is -1.37. The summed E-state index contributed by atoms with van der Waals surface area (Å²) in [5, 5.41) is 2.06. The third-order valence-electron chi connectivity index (χ3n) is 4.19. The first-order chi connectivity index (χ1) is 12.8. The molecule has 6 nitrogen and oxygen atoms in total. The highest BCUT2D eigenvalue weighted by Gasteiger charge is 2.29. The highest BCUT2D eigenvalue weighted by atomic mass is 32.2. The molecule has 0 aliphatic rings. The van der Waals surface area contributed by atoms with Crippen LogP contribution in [0.2, 0.25) is 0 Å². The lowest BCUT2D eigenvalue weighted by Gasteiger charge is -2.18. The molecule has 140 valence electrons. The Bertz CT molecular complexity index is 1200. The maximum atomic E-state index is 12.1. The maximum Gasteiger partial charge on any atom is 0.189 e. The zero-order valence-corrected chi connectivity index (χ0v) is 16.2. The first-order valence-corrected chi connectivity index (χ1v) is 10.8. The van der Waals surface area contributed by atoms with E-state index in [1.165, 1.54) is 12.2 Å². The fraction of sp³-hybridized carbons (Fsp3) is 0. The van der Waals surface area contributed by atoms with Crippen LogP contribution in [-0.2, 0) is 33.2 Å². The molecular formula is C18H14O6S3. The topological polar surface area (TPSA) is 112 Å². The zero-order valence-electron chi connectivity index (χ0n) is 13.7. The molecule has 9 heteroatoms. The lowest BCUT2D eigenvalue weighted by molar-refractivity contribution is 0.541. The van der Waals surface area contributed by atoms with Gasteiger partial charge in [0.05, 0.1) is 9.79 Å².